The maximum absolute atomic E-state index is 11.5. The molecule has 0 spiro atoms. The first kappa shape index (κ1) is 17.8. The first-order valence-corrected chi connectivity index (χ1v) is 10.6. The molecular weight excluding hydrogens is 266 g/mol. The molecule has 0 radical (unpaired) electrons. The van der Waals surface area contributed by atoms with Crippen molar-refractivity contribution >= 4 is 18.3 Å². The van der Waals surface area contributed by atoms with Crippen LogP contribution < -0.4 is 5.14 Å². The third-order valence-corrected chi connectivity index (χ3v) is 9.54. The number of rotatable bonds is 6. The van der Waals surface area contributed by atoms with Crippen molar-refractivity contribution in [2.24, 2.45) is 5.14 Å². The Hall–Kier alpha value is -0.173. The highest BCUT2D eigenvalue weighted by atomic mass is 32.2. The lowest BCUT2D eigenvalue weighted by Gasteiger charge is -2.40. The van der Waals surface area contributed by atoms with Crippen molar-refractivity contribution in [1.29, 1.82) is 0 Å². The maximum atomic E-state index is 11.5. The molecule has 0 aromatic rings. The second-order valence-electron chi connectivity index (χ2n) is 6.24. The van der Waals surface area contributed by atoms with Crippen molar-refractivity contribution in [3.63, 3.8) is 0 Å². The molecule has 0 bridgehead atoms. The van der Waals surface area contributed by atoms with Crippen molar-refractivity contribution in [3.8, 4) is 0 Å². The number of hydrogen-bond donors (Lipinski definition) is 1. The number of nitrogens with two attached hydrogens (primary N) is 1. The lowest BCUT2D eigenvalue weighted by molar-refractivity contribution is 0.181. The lowest BCUT2D eigenvalue weighted by atomic mass is 10.2. The summed E-state index contributed by atoms with van der Waals surface area (Å²) < 4.78 is 29.1. The summed E-state index contributed by atoms with van der Waals surface area (Å²) in [7, 11) is -5.61. The molecule has 0 saturated carbocycles. The van der Waals surface area contributed by atoms with Gasteiger partial charge in [0, 0.05) is 0 Å². The monoisotopic (exact) mass is 293 g/mol. The molecule has 4 nitrogen and oxygen atoms in total. The van der Waals surface area contributed by atoms with Crippen LogP contribution in [0.5, 0.6) is 0 Å². The van der Waals surface area contributed by atoms with Crippen molar-refractivity contribution in [1.82, 2.24) is 0 Å². The van der Waals surface area contributed by atoms with E-state index in [9.17, 15) is 8.42 Å². The first-order chi connectivity index (χ1) is 7.83. The molecule has 0 heterocycles. The summed E-state index contributed by atoms with van der Waals surface area (Å²) in [6.07, 6.45) is 1.75. The van der Waals surface area contributed by atoms with Crippen LogP contribution in [0.15, 0.2) is 12.7 Å². The van der Waals surface area contributed by atoms with Crippen LogP contribution in [0.3, 0.4) is 0 Å². The molecule has 0 saturated heterocycles. The molecule has 2 atom stereocenters. The number of hydrogen-bond acceptors (Lipinski definition) is 3. The highest BCUT2D eigenvalue weighted by Gasteiger charge is 2.41. The van der Waals surface area contributed by atoms with Crippen LogP contribution in [0.4, 0.5) is 0 Å². The van der Waals surface area contributed by atoms with E-state index in [1.165, 1.54) is 0 Å². The molecule has 2 N–H and O–H groups in total. The van der Waals surface area contributed by atoms with Gasteiger partial charge in [-0.15, -0.1) is 6.58 Å². The SMILES string of the molecule is C=CCC(O[Si](C)(C)C(C)(C)C)[C@H](C)S(N)(=O)=O. The second-order valence-corrected chi connectivity index (χ2v) is 12.9. The van der Waals surface area contributed by atoms with Gasteiger partial charge in [0.05, 0.1) is 11.4 Å². The highest BCUT2D eigenvalue weighted by molar-refractivity contribution is 7.89. The van der Waals surface area contributed by atoms with Gasteiger partial charge in [0.25, 0.3) is 0 Å². The maximum Gasteiger partial charge on any atom is 0.214 e. The zero-order chi connectivity index (χ0) is 14.8. The van der Waals surface area contributed by atoms with E-state index in [4.69, 9.17) is 9.56 Å². The number of sulfonamides is 1. The predicted octanol–water partition coefficient (Wildman–Crippen LogP) is 2.63. The van der Waals surface area contributed by atoms with E-state index in [1.807, 2.05) is 0 Å². The van der Waals surface area contributed by atoms with Gasteiger partial charge >= 0.3 is 0 Å². The van der Waals surface area contributed by atoms with E-state index in [0.29, 0.717) is 6.42 Å². The molecule has 0 amide bonds. The molecule has 0 aromatic carbocycles. The molecule has 1 unspecified atom stereocenters. The van der Waals surface area contributed by atoms with Crippen LogP contribution in [0.1, 0.15) is 34.1 Å². The highest BCUT2D eigenvalue weighted by Crippen LogP contribution is 2.38. The third kappa shape index (κ3) is 4.83. The average Bonchev–Trinajstić information content (AvgIpc) is 2.12. The Balaban J connectivity index is 5.12. The lowest BCUT2D eigenvalue weighted by Crippen LogP contribution is -2.48. The van der Waals surface area contributed by atoms with Gasteiger partial charge in [0.15, 0.2) is 8.32 Å². The van der Waals surface area contributed by atoms with Gasteiger partial charge in [-0.1, -0.05) is 26.8 Å². The van der Waals surface area contributed by atoms with Crippen molar-refractivity contribution in [3.05, 3.63) is 12.7 Å². The summed E-state index contributed by atoms with van der Waals surface area (Å²) in [5.41, 5.74) is 0. The minimum absolute atomic E-state index is 0.0322. The van der Waals surface area contributed by atoms with Crippen LogP contribution in [0.25, 0.3) is 0 Å². The Kier molecular flexibility index (Phi) is 5.80. The molecule has 18 heavy (non-hydrogen) atoms. The van der Waals surface area contributed by atoms with Crippen LogP contribution >= 0.6 is 0 Å². The molecule has 6 heteroatoms. The molecule has 0 fully saturated rings. The second kappa shape index (κ2) is 5.86. The van der Waals surface area contributed by atoms with Gasteiger partial charge in [0.2, 0.25) is 10.0 Å². The fourth-order valence-corrected chi connectivity index (χ4v) is 3.37. The largest absolute Gasteiger partial charge is 0.412 e. The molecule has 0 aliphatic carbocycles. The van der Waals surface area contributed by atoms with Gasteiger partial charge < -0.3 is 4.43 Å². The molecule has 108 valence electrons. The molecule has 0 rings (SSSR count). The summed E-state index contributed by atoms with van der Waals surface area (Å²) >= 11 is 0. The van der Waals surface area contributed by atoms with Gasteiger partial charge in [-0.3, -0.25) is 0 Å². The van der Waals surface area contributed by atoms with E-state index in [2.05, 4.69) is 40.4 Å². The van der Waals surface area contributed by atoms with E-state index >= 15 is 0 Å². The summed E-state index contributed by atoms with van der Waals surface area (Å²) in [5.74, 6) is 0. The minimum Gasteiger partial charge on any atom is -0.412 e. The fourth-order valence-electron chi connectivity index (χ4n) is 1.27. The standard InChI is InChI=1S/C12H27NO3SSi/c1-8-9-11(10(2)17(13,14)15)16-18(6,7)12(3,4)5/h8,10-11H,1,9H2,2-7H3,(H2,13,14,15)/t10-,11?/m0/s1. The van der Waals surface area contributed by atoms with Crippen molar-refractivity contribution in [2.75, 3.05) is 0 Å². The Morgan fingerprint density at radius 1 is 1.39 bits per heavy atom. The summed E-state index contributed by atoms with van der Waals surface area (Å²) in [6, 6.07) is 0. The average molecular weight is 294 g/mol. The summed E-state index contributed by atoms with van der Waals surface area (Å²) in [4.78, 5) is 0. The minimum atomic E-state index is -3.59. The predicted molar refractivity (Wildman–Crippen MR) is 79.5 cm³/mol. The molecule has 0 aliphatic rings. The summed E-state index contributed by atoms with van der Waals surface area (Å²) in [5, 5.41) is 4.53. The van der Waals surface area contributed by atoms with Crippen LogP contribution in [0.2, 0.25) is 18.1 Å². The van der Waals surface area contributed by atoms with Gasteiger partial charge in [-0.25, -0.2) is 13.6 Å². The van der Waals surface area contributed by atoms with Crippen LogP contribution in [0, 0.1) is 0 Å². The third-order valence-electron chi connectivity index (χ3n) is 3.69. The molecular formula is C12H27NO3SSi. The van der Waals surface area contributed by atoms with E-state index in [-0.39, 0.29) is 5.04 Å². The van der Waals surface area contributed by atoms with E-state index in [1.54, 1.807) is 13.0 Å². The zero-order valence-electron chi connectivity index (χ0n) is 12.4. The molecule has 0 aromatic heterocycles. The smallest absolute Gasteiger partial charge is 0.214 e. The quantitative estimate of drug-likeness (QED) is 0.604. The topological polar surface area (TPSA) is 69.4 Å². The summed E-state index contributed by atoms with van der Waals surface area (Å²) in [6.45, 7) is 15.8. The van der Waals surface area contributed by atoms with Crippen molar-refractivity contribution in [2.45, 2.75) is 63.6 Å². The Labute approximate surface area is 113 Å². The first-order valence-electron chi connectivity index (χ1n) is 6.13. The number of primary sulfonamides is 1. The van der Waals surface area contributed by atoms with E-state index in [0.717, 1.165) is 0 Å². The zero-order valence-corrected chi connectivity index (χ0v) is 14.2. The van der Waals surface area contributed by atoms with Gasteiger partial charge in [-0.05, 0) is 31.5 Å². The fraction of sp³-hybridized carbons (Fsp3) is 0.833. The van der Waals surface area contributed by atoms with Gasteiger partial charge in [0.1, 0.15) is 0 Å². The van der Waals surface area contributed by atoms with Crippen LogP contribution in [-0.2, 0) is 14.4 Å². The van der Waals surface area contributed by atoms with Crippen molar-refractivity contribution < 1.29 is 12.8 Å². The Bertz CT molecular complexity index is 385. The van der Waals surface area contributed by atoms with Crippen LogP contribution in [-0.4, -0.2) is 28.1 Å². The normalized spacial score (nSPS) is 17.3. The Morgan fingerprint density at radius 2 is 1.83 bits per heavy atom. The molecule has 0 aliphatic heterocycles. The van der Waals surface area contributed by atoms with Gasteiger partial charge in [-0.2, -0.15) is 0 Å². The Morgan fingerprint density at radius 3 is 2.11 bits per heavy atom. The van der Waals surface area contributed by atoms with E-state index < -0.39 is 29.7 Å².